The van der Waals surface area contributed by atoms with Gasteiger partial charge in [-0.3, -0.25) is 0 Å². The van der Waals surface area contributed by atoms with E-state index in [1.807, 2.05) is 0 Å². The normalized spacial score (nSPS) is 31.4. The third-order valence-electron chi connectivity index (χ3n) is 4.44. The van der Waals surface area contributed by atoms with E-state index in [1.165, 1.54) is 51.5 Å². The molecule has 2 N–H and O–H groups in total. The van der Waals surface area contributed by atoms with Crippen LogP contribution in [0.4, 0.5) is 0 Å². The average molecular weight is 211 g/mol. The molecule has 2 fully saturated rings. The first kappa shape index (κ1) is 11.4. The van der Waals surface area contributed by atoms with Gasteiger partial charge < -0.3 is 10.4 Å². The molecule has 1 aliphatic heterocycles. The Morgan fingerprint density at radius 2 is 1.60 bits per heavy atom. The van der Waals surface area contributed by atoms with Gasteiger partial charge in [-0.15, -0.1) is 0 Å². The van der Waals surface area contributed by atoms with E-state index in [4.69, 9.17) is 0 Å². The summed E-state index contributed by atoms with van der Waals surface area (Å²) >= 11 is 0. The van der Waals surface area contributed by atoms with E-state index in [2.05, 4.69) is 5.32 Å². The molecule has 0 amide bonds. The lowest BCUT2D eigenvalue weighted by molar-refractivity contribution is 0.114. The second kappa shape index (κ2) is 5.86. The van der Waals surface area contributed by atoms with Crippen LogP contribution < -0.4 is 5.32 Å². The molecule has 88 valence electrons. The first-order chi connectivity index (χ1) is 7.42. The maximum atomic E-state index is 9.61. The maximum absolute atomic E-state index is 9.61. The number of rotatable bonds is 3. The molecule has 1 aliphatic carbocycles. The average Bonchev–Trinajstić information content (AvgIpc) is 2.63. The lowest BCUT2D eigenvalue weighted by Crippen LogP contribution is -2.26. The fourth-order valence-corrected chi connectivity index (χ4v) is 3.54. The van der Waals surface area contributed by atoms with Gasteiger partial charge >= 0.3 is 0 Å². The van der Waals surface area contributed by atoms with Gasteiger partial charge in [0.25, 0.3) is 0 Å². The molecule has 0 aromatic carbocycles. The van der Waals surface area contributed by atoms with Crippen molar-refractivity contribution in [2.24, 2.45) is 17.8 Å². The summed E-state index contributed by atoms with van der Waals surface area (Å²) in [5, 5.41) is 13.1. The van der Waals surface area contributed by atoms with Crippen molar-refractivity contribution in [1.29, 1.82) is 0 Å². The Balaban J connectivity index is 1.91. The van der Waals surface area contributed by atoms with E-state index in [1.54, 1.807) is 0 Å². The summed E-state index contributed by atoms with van der Waals surface area (Å²) in [5.74, 6) is 2.22. The zero-order valence-electron chi connectivity index (χ0n) is 9.75. The van der Waals surface area contributed by atoms with Crippen molar-refractivity contribution in [3.63, 3.8) is 0 Å². The Bertz CT molecular complexity index is 169. The molecule has 1 saturated heterocycles. The fraction of sp³-hybridized carbons (Fsp3) is 1.00. The van der Waals surface area contributed by atoms with Gasteiger partial charge in [0.2, 0.25) is 0 Å². The van der Waals surface area contributed by atoms with Crippen molar-refractivity contribution >= 4 is 0 Å². The van der Waals surface area contributed by atoms with Crippen molar-refractivity contribution in [2.45, 2.75) is 44.9 Å². The molecule has 1 heterocycles. The molecule has 0 aromatic rings. The molecule has 1 saturated carbocycles. The van der Waals surface area contributed by atoms with Crippen molar-refractivity contribution in [3.8, 4) is 0 Å². The molecule has 0 spiro atoms. The topological polar surface area (TPSA) is 32.3 Å². The predicted molar refractivity (Wildman–Crippen MR) is 62.7 cm³/mol. The quantitative estimate of drug-likeness (QED) is 0.750. The Morgan fingerprint density at radius 3 is 2.33 bits per heavy atom. The monoisotopic (exact) mass is 211 g/mol. The minimum absolute atomic E-state index is 0.426. The van der Waals surface area contributed by atoms with Gasteiger partial charge in [-0.25, -0.2) is 0 Å². The van der Waals surface area contributed by atoms with Crippen LogP contribution in [0.1, 0.15) is 44.9 Å². The molecule has 15 heavy (non-hydrogen) atoms. The molecule has 0 bridgehead atoms. The lowest BCUT2D eigenvalue weighted by Gasteiger charge is -2.29. The highest BCUT2D eigenvalue weighted by Gasteiger charge is 2.30. The number of aliphatic hydroxyl groups excluding tert-OH is 1. The van der Waals surface area contributed by atoms with Crippen molar-refractivity contribution in [1.82, 2.24) is 5.32 Å². The molecular formula is C13H25NO. The number of aliphatic hydroxyl groups is 1. The summed E-state index contributed by atoms with van der Waals surface area (Å²) in [7, 11) is 0. The van der Waals surface area contributed by atoms with Crippen LogP contribution in [0.3, 0.4) is 0 Å². The second-order valence-corrected chi connectivity index (χ2v) is 5.33. The minimum atomic E-state index is 0.426. The third kappa shape index (κ3) is 2.94. The van der Waals surface area contributed by atoms with E-state index >= 15 is 0 Å². The molecule has 2 unspecified atom stereocenters. The van der Waals surface area contributed by atoms with Gasteiger partial charge in [0.05, 0.1) is 0 Å². The van der Waals surface area contributed by atoms with E-state index in [9.17, 15) is 5.11 Å². The first-order valence-electron chi connectivity index (χ1n) is 6.73. The maximum Gasteiger partial charge on any atom is 0.0464 e. The summed E-state index contributed by atoms with van der Waals surface area (Å²) in [4.78, 5) is 0. The minimum Gasteiger partial charge on any atom is -0.396 e. The van der Waals surface area contributed by atoms with Crippen LogP contribution in [0, 0.1) is 17.8 Å². The van der Waals surface area contributed by atoms with Gasteiger partial charge in [-0.05, 0) is 50.1 Å². The highest BCUT2D eigenvalue weighted by Crippen LogP contribution is 2.38. The van der Waals surface area contributed by atoms with Gasteiger partial charge in [-0.1, -0.05) is 25.7 Å². The van der Waals surface area contributed by atoms with Crippen molar-refractivity contribution in [3.05, 3.63) is 0 Å². The molecule has 2 aliphatic rings. The van der Waals surface area contributed by atoms with Crippen LogP contribution in [-0.2, 0) is 0 Å². The van der Waals surface area contributed by atoms with Crippen molar-refractivity contribution in [2.75, 3.05) is 19.7 Å². The molecule has 2 rings (SSSR count). The number of hydrogen-bond acceptors (Lipinski definition) is 2. The summed E-state index contributed by atoms with van der Waals surface area (Å²) in [6.07, 6.45) is 9.44. The van der Waals surface area contributed by atoms with Crippen LogP contribution in [0.5, 0.6) is 0 Å². The Kier molecular flexibility index (Phi) is 4.45. The smallest absolute Gasteiger partial charge is 0.0464 e. The third-order valence-corrected chi connectivity index (χ3v) is 4.44. The van der Waals surface area contributed by atoms with Gasteiger partial charge in [0.15, 0.2) is 0 Å². The Morgan fingerprint density at radius 1 is 0.933 bits per heavy atom. The van der Waals surface area contributed by atoms with Crippen molar-refractivity contribution < 1.29 is 5.11 Å². The van der Waals surface area contributed by atoms with E-state index < -0.39 is 0 Å². The largest absolute Gasteiger partial charge is 0.396 e. The van der Waals surface area contributed by atoms with Gasteiger partial charge in [0.1, 0.15) is 0 Å². The fourth-order valence-electron chi connectivity index (χ4n) is 3.54. The highest BCUT2D eigenvalue weighted by atomic mass is 16.3. The summed E-state index contributed by atoms with van der Waals surface area (Å²) in [6.45, 7) is 2.77. The van der Waals surface area contributed by atoms with E-state index in [-0.39, 0.29) is 0 Å². The zero-order valence-corrected chi connectivity index (χ0v) is 9.75. The molecular weight excluding hydrogens is 186 g/mol. The SMILES string of the molecule is OCC(C1CCCC1)C1CCCNCC1. The van der Waals surface area contributed by atoms with Crippen LogP contribution >= 0.6 is 0 Å². The predicted octanol–water partition coefficient (Wildman–Crippen LogP) is 2.17. The Hall–Kier alpha value is -0.0800. The first-order valence-corrected chi connectivity index (χ1v) is 6.73. The second-order valence-electron chi connectivity index (χ2n) is 5.33. The van der Waals surface area contributed by atoms with Crippen LogP contribution in [0.25, 0.3) is 0 Å². The lowest BCUT2D eigenvalue weighted by atomic mass is 9.77. The van der Waals surface area contributed by atoms with E-state index in [0.29, 0.717) is 12.5 Å². The molecule has 2 atom stereocenters. The summed E-state index contributed by atoms with van der Waals surface area (Å²) < 4.78 is 0. The molecule has 2 nitrogen and oxygen atoms in total. The van der Waals surface area contributed by atoms with Gasteiger partial charge in [-0.2, -0.15) is 0 Å². The molecule has 2 heteroatoms. The Labute approximate surface area is 93.5 Å². The summed E-state index contributed by atoms with van der Waals surface area (Å²) in [6, 6.07) is 0. The van der Waals surface area contributed by atoms with Gasteiger partial charge in [0, 0.05) is 6.61 Å². The number of nitrogens with one attached hydrogen (secondary N) is 1. The van der Waals surface area contributed by atoms with Crippen LogP contribution in [-0.4, -0.2) is 24.8 Å². The number of hydrogen-bond donors (Lipinski definition) is 2. The zero-order chi connectivity index (χ0) is 10.5. The standard InChI is InChI=1S/C13H25NO/c15-10-13(11-4-1-2-5-11)12-6-3-8-14-9-7-12/h11-15H,1-10H2. The van der Waals surface area contributed by atoms with Crippen LogP contribution in [0.15, 0.2) is 0 Å². The van der Waals surface area contributed by atoms with E-state index in [0.717, 1.165) is 18.4 Å². The molecule has 0 radical (unpaired) electrons. The van der Waals surface area contributed by atoms with Crippen LogP contribution in [0.2, 0.25) is 0 Å². The molecule has 0 aromatic heterocycles. The highest BCUT2D eigenvalue weighted by molar-refractivity contribution is 4.82. The summed E-state index contributed by atoms with van der Waals surface area (Å²) in [5.41, 5.74) is 0.